The van der Waals surface area contributed by atoms with Gasteiger partial charge in [-0.1, -0.05) is 59.1 Å². The molecule has 1 heterocycles. The zero-order valence-electron chi connectivity index (χ0n) is 17.8. The van der Waals surface area contributed by atoms with Crippen LogP contribution in [-0.2, 0) is 6.42 Å². The van der Waals surface area contributed by atoms with Crippen LogP contribution in [0.25, 0.3) is 0 Å². The van der Waals surface area contributed by atoms with Crippen LogP contribution in [0.15, 0.2) is 48.8 Å². The van der Waals surface area contributed by atoms with E-state index in [1.54, 1.807) is 24.3 Å². The van der Waals surface area contributed by atoms with Gasteiger partial charge in [-0.3, -0.25) is 14.6 Å². The van der Waals surface area contributed by atoms with Crippen LogP contribution in [-0.4, -0.2) is 37.4 Å². The molecule has 166 valence electrons. The average Bonchev–Trinajstić information content (AvgIpc) is 2.77. The van der Waals surface area contributed by atoms with E-state index in [0.717, 1.165) is 5.56 Å². The molecule has 0 aliphatic rings. The Labute approximate surface area is 196 Å². The molecule has 0 N–H and O–H groups in total. The molecule has 3 aromatic rings. The highest BCUT2D eigenvalue weighted by Crippen LogP contribution is 2.41. The minimum Gasteiger partial charge on any atom is -0.493 e. The van der Waals surface area contributed by atoms with Crippen LogP contribution in [0, 0.1) is 6.92 Å². The van der Waals surface area contributed by atoms with Gasteiger partial charge in [0.25, 0.3) is 0 Å². The van der Waals surface area contributed by atoms with Gasteiger partial charge in [-0.05, 0) is 13.0 Å². The first-order valence-electron chi connectivity index (χ1n) is 9.64. The molecule has 0 amide bonds. The molecule has 0 unspecified atom stereocenters. The largest absolute Gasteiger partial charge is 0.493 e. The van der Waals surface area contributed by atoms with Crippen molar-refractivity contribution < 1.29 is 23.8 Å². The molecule has 0 aliphatic carbocycles. The maximum Gasteiger partial charge on any atom is 0.203 e. The molecule has 1 aromatic heterocycles. The van der Waals surface area contributed by atoms with Gasteiger partial charge in [-0.15, -0.1) is 0 Å². The Bertz CT molecular complexity index is 1130. The fraction of sp³-hybridized carbons (Fsp3) is 0.208. The summed E-state index contributed by atoms with van der Waals surface area (Å²) in [6, 6.07) is 10.5. The van der Waals surface area contributed by atoms with Crippen LogP contribution in [0.2, 0.25) is 10.0 Å². The summed E-state index contributed by atoms with van der Waals surface area (Å²) in [5.41, 5.74) is 2.23. The molecule has 2 aromatic carbocycles. The van der Waals surface area contributed by atoms with Gasteiger partial charge >= 0.3 is 0 Å². The Balaban J connectivity index is 1.92. The first-order chi connectivity index (χ1) is 15.3. The van der Waals surface area contributed by atoms with Gasteiger partial charge in [0.15, 0.2) is 29.7 Å². The van der Waals surface area contributed by atoms with Gasteiger partial charge in [0.05, 0.1) is 29.8 Å². The highest BCUT2D eigenvalue weighted by atomic mass is 35.5. The van der Waals surface area contributed by atoms with E-state index in [4.69, 9.17) is 37.4 Å². The molecule has 0 saturated heterocycles. The number of nitrogens with zero attached hydrogens (tertiary/aromatic N) is 1. The van der Waals surface area contributed by atoms with Gasteiger partial charge < -0.3 is 14.2 Å². The van der Waals surface area contributed by atoms with Crippen molar-refractivity contribution in [2.45, 2.75) is 13.3 Å². The summed E-state index contributed by atoms with van der Waals surface area (Å²) in [7, 11) is 2.94. The van der Waals surface area contributed by atoms with Crippen molar-refractivity contribution in [1.82, 2.24) is 4.98 Å². The van der Waals surface area contributed by atoms with Gasteiger partial charge in [0.1, 0.15) is 0 Å². The van der Waals surface area contributed by atoms with Crippen molar-refractivity contribution in [3.05, 3.63) is 81.1 Å². The second-order valence-electron chi connectivity index (χ2n) is 6.95. The summed E-state index contributed by atoms with van der Waals surface area (Å²) < 4.78 is 16.7. The van der Waals surface area contributed by atoms with Crippen LogP contribution in [0.1, 0.15) is 31.8 Å². The molecule has 8 heteroatoms. The van der Waals surface area contributed by atoms with Crippen molar-refractivity contribution in [2.75, 3.05) is 20.8 Å². The molecule has 0 aliphatic heterocycles. The third kappa shape index (κ3) is 5.21. The number of pyridine rings is 1. The number of aryl methyl sites for hydroxylation is 1. The molecule has 0 bridgehead atoms. The third-order valence-electron chi connectivity index (χ3n) is 4.79. The Morgan fingerprint density at radius 1 is 0.875 bits per heavy atom. The van der Waals surface area contributed by atoms with Gasteiger partial charge in [0, 0.05) is 29.9 Å². The van der Waals surface area contributed by atoms with E-state index in [2.05, 4.69) is 4.98 Å². The van der Waals surface area contributed by atoms with Crippen molar-refractivity contribution in [2.24, 2.45) is 0 Å². The van der Waals surface area contributed by atoms with Crippen molar-refractivity contribution in [3.8, 4) is 17.2 Å². The maximum absolute atomic E-state index is 13.0. The van der Waals surface area contributed by atoms with Crippen LogP contribution in [0.5, 0.6) is 17.2 Å². The van der Waals surface area contributed by atoms with E-state index in [9.17, 15) is 9.59 Å². The molecule has 3 rings (SSSR count). The Morgan fingerprint density at radius 3 is 2.12 bits per heavy atom. The lowest BCUT2D eigenvalue weighted by Gasteiger charge is -2.17. The van der Waals surface area contributed by atoms with Crippen molar-refractivity contribution >= 4 is 34.8 Å². The second-order valence-corrected chi connectivity index (χ2v) is 7.76. The molecule has 0 atom stereocenters. The molecule has 6 nitrogen and oxygen atoms in total. The standard InChI is InChI=1S/C24H21Cl2NO5/c1-14-4-6-15(7-5-14)20(29)13-32-23-16(8-9-21(30-2)24(23)31-3)10-19(28)22-17(25)11-27-12-18(22)26/h4-9,11-12H,10,13H2,1-3H3. The predicted octanol–water partition coefficient (Wildman–Crippen LogP) is 5.40. The summed E-state index contributed by atoms with van der Waals surface area (Å²) in [6.45, 7) is 1.70. The predicted molar refractivity (Wildman–Crippen MR) is 123 cm³/mol. The molecule has 0 saturated carbocycles. The number of Topliss-reactive ketones (excluding diaryl/α,β-unsaturated/α-hetero) is 2. The average molecular weight is 474 g/mol. The number of halogens is 2. The number of hydrogen-bond acceptors (Lipinski definition) is 6. The molecule has 0 radical (unpaired) electrons. The number of carbonyl (C=O) groups excluding carboxylic acids is 2. The van der Waals surface area contributed by atoms with Crippen molar-refractivity contribution in [3.63, 3.8) is 0 Å². The van der Waals surface area contributed by atoms with Crippen molar-refractivity contribution in [1.29, 1.82) is 0 Å². The quantitative estimate of drug-likeness (QED) is 0.387. The van der Waals surface area contributed by atoms with Gasteiger partial charge in [-0.2, -0.15) is 0 Å². The van der Waals surface area contributed by atoms with E-state index in [0.29, 0.717) is 16.9 Å². The molecular weight excluding hydrogens is 453 g/mol. The number of rotatable bonds is 9. The fourth-order valence-corrected chi connectivity index (χ4v) is 3.71. The summed E-state index contributed by atoms with van der Waals surface area (Å²) in [5, 5.41) is 0.306. The highest BCUT2D eigenvalue weighted by molar-refractivity contribution is 6.39. The Kier molecular flexibility index (Phi) is 7.72. The van der Waals surface area contributed by atoms with E-state index in [1.807, 2.05) is 19.1 Å². The normalized spacial score (nSPS) is 10.5. The summed E-state index contributed by atoms with van der Waals surface area (Å²) in [6.07, 6.45) is 2.62. The smallest absolute Gasteiger partial charge is 0.203 e. The Morgan fingerprint density at radius 2 is 1.53 bits per heavy atom. The number of ketones is 2. The van der Waals surface area contributed by atoms with E-state index in [-0.39, 0.29) is 51.7 Å². The van der Waals surface area contributed by atoms with E-state index < -0.39 is 0 Å². The first kappa shape index (κ1) is 23.6. The number of ether oxygens (including phenoxy) is 3. The number of benzene rings is 2. The first-order valence-corrected chi connectivity index (χ1v) is 10.4. The van der Waals surface area contributed by atoms with Crippen LogP contribution < -0.4 is 14.2 Å². The number of methoxy groups -OCH3 is 2. The monoisotopic (exact) mass is 473 g/mol. The zero-order chi connectivity index (χ0) is 23.3. The molecule has 32 heavy (non-hydrogen) atoms. The van der Waals surface area contributed by atoms with Gasteiger partial charge in [0.2, 0.25) is 5.75 Å². The SMILES string of the molecule is COc1ccc(CC(=O)c2c(Cl)cncc2Cl)c(OCC(=O)c2ccc(C)cc2)c1OC. The highest BCUT2D eigenvalue weighted by Gasteiger charge is 2.22. The Hall–Kier alpha value is -3.09. The zero-order valence-corrected chi connectivity index (χ0v) is 19.3. The summed E-state index contributed by atoms with van der Waals surface area (Å²) in [5.74, 6) is 0.376. The minimum absolute atomic E-state index is 0.0855. The van der Waals surface area contributed by atoms with E-state index in [1.165, 1.54) is 26.6 Å². The van der Waals surface area contributed by atoms with Crippen LogP contribution >= 0.6 is 23.2 Å². The minimum atomic E-state index is -0.329. The number of aromatic nitrogens is 1. The van der Waals surface area contributed by atoms with Gasteiger partial charge in [-0.25, -0.2) is 0 Å². The number of hydrogen-bond donors (Lipinski definition) is 0. The second kappa shape index (κ2) is 10.5. The molecule has 0 fully saturated rings. The molecule has 0 spiro atoms. The summed E-state index contributed by atoms with van der Waals surface area (Å²) >= 11 is 12.3. The third-order valence-corrected chi connectivity index (χ3v) is 5.36. The fourth-order valence-electron chi connectivity index (χ4n) is 3.14. The lowest BCUT2D eigenvalue weighted by Crippen LogP contribution is -2.14. The maximum atomic E-state index is 13.0. The van der Waals surface area contributed by atoms with E-state index >= 15 is 0 Å². The lowest BCUT2D eigenvalue weighted by molar-refractivity contribution is 0.0918. The topological polar surface area (TPSA) is 74.7 Å². The number of carbonyl (C=O) groups is 2. The summed E-state index contributed by atoms with van der Waals surface area (Å²) in [4.78, 5) is 29.5. The van der Waals surface area contributed by atoms with Crippen LogP contribution in [0.3, 0.4) is 0 Å². The lowest BCUT2D eigenvalue weighted by atomic mass is 10.0. The molecular formula is C24H21Cl2NO5. The van der Waals surface area contributed by atoms with Crippen LogP contribution in [0.4, 0.5) is 0 Å².